The van der Waals surface area contributed by atoms with Crippen molar-refractivity contribution in [1.29, 1.82) is 0 Å². The number of rotatable bonds is 12. The Morgan fingerprint density at radius 1 is 0.389 bits per heavy atom. The van der Waals surface area contributed by atoms with Crippen LogP contribution in [0, 0.1) is 0 Å². The summed E-state index contributed by atoms with van der Waals surface area (Å²) in [5.74, 6) is 0. The number of hydrogen-bond donors (Lipinski definition) is 12. The average Bonchev–Trinajstić information content (AvgIpc) is 2.51. The Morgan fingerprint density at radius 2 is 0.639 bits per heavy atom. The van der Waals surface area contributed by atoms with Crippen molar-refractivity contribution in [2.45, 2.75) is 36.6 Å². The lowest BCUT2D eigenvalue weighted by Gasteiger charge is -2.47. The fourth-order valence-corrected chi connectivity index (χ4v) is 6.70. The third kappa shape index (κ3) is 12.7. The average molecular weight is 660 g/mol. The van der Waals surface area contributed by atoms with E-state index >= 15 is 0 Å². The van der Waals surface area contributed by atoms with Crippen molar-refractivity contribution in [2.75, 3.05) is 0 Å². The normalized spacial score (nSPS) is 30.7. The van der Waals surface area contributed by atoms with Gasteiger partial charge in [0.05, 0.1) is 0 Å². The summed E-state index contributed by atoms with van der Waals surface area (Å²) >= 11 is 0. The number of hydrogen-bond acceptors (Lipinski definition) is 13. The first-order chi connectivity index (χ1) is 15.6. The molecule has 1 fully saturated rings. The van der Waals surface area contributed by atoms with Crippen LogP contribution in [0.1, 0.15) is 0 Å². The molecule has 0 heterocycles. The maximum Gasteiger partial charge on any atom is 0.481 e. The van der Waals surface area contributed by atoms with Gasteiger partial charge < -0.3 is 58.9 Å². The molecule has 0 aliphatic heterocycles. The molecular weight excluding hydrogens is 642 g/mol. The van der Waals surface area contributed by atoms with E-state index < -0.39 is 83.6 Å². The molecule has 0 aromatic rings. The second kappa shape index (κ2) is 11.6. The van der Waals surface area contributed by atoms with Crippen LogP contribution >= 0.6 is 46.9 Å². The van der Waals surface area contributed by atoms with Crippen LogP contribution in [0.15, 0.2) is 0 Å². The zero-order valence-electron chi connectivity index (χ0n) is 16.4. The monoisotopic (exact) mass is 660 g/mol. The van der Waals surface area contributed by atoms with E-state index in [0.29, 0.717) is 0 Å². The topological polar surface area (TPSA) is 401 Å². The maximum atomic E-state index is 12.1. The Morgan fingerprint density at radius 3 is 0.889 bits per heavy atom. The molecule has 0 spiro atoms. The lowest BCUT2D eigenvalue weighted by Crippen LogP contribution is -2.66. The summed E-state index contributed by atoms with van der Waals surface area (Å²) in [5.41, 5.74) is 0. The van der Waals surface area contributed by atoms with E-state index in [1.807, 2.05) is 0 Å². The van der Waals surface area contributed by atoms with Crippen molar-refractivity contribution < 1.29 is 113 Å². The van der Waals surface area contributed by atoms with Crippen LogP contribution in [0.3, 0.4) is 0 Å². The lowest BCUT2D eigenvalue weighted by molar-refractivity contribution is -0.205. The predicted octanol–water partition coefficient (Wildman–Crippen LogP) is -3.13. The standard InChI is InChI=1S/C6H18O24P6/c7-1-2(25-31(8,9)10)4(27-33(14,15)16)6(29-36(23,24)30-35(20,21)22)5(28-34(17,18)19)3(1)26-32(11,12)13/h1-7H,(H,23,24)(H2,8,9,10)(H2,11,12,13)(H2,14,15,16)(H2,17,18,19)(H2,20,21,22)/t1?,2-,3+,4-,5-,6?/m0/s1. The van der Waals surface area contributed by atoms with Gasteiger partial charge in [-0.05, 0) is 0 Å². The fraction of sp³-hybridized carbons (Fsp3) is 1.00. The molecule has 0 aromatic heterocycles. The molecule has 12 N–H and O–H groups in total. The minimum absolute atomic E-state index is 3.01. The molecule has 0 aromatic carbocycles. The molecule has 0 bridgehead atoms. The largest absolute Gasteiger partial charge is 0.481 e. The Balaban J connectivity index is 3.87. The number of aliphatic hydroxyl groups is 1. The van der Waals surface area contributed by atoms with Gasteiger partial charge in [0.1, 0.15) is 36.6 Å². The third-order valence-corrected chi connectivity index (χ3v) is 7.73. The summed E-state index contributed by atoms with van der Waals surface area (Å²) < 4.78 is 92.2. The molecule has 1 saturated carbocycles. The van der Waals surface area contributed by atoms with Crippen LogP contribution in [0.5, 0.6) is 0 Å². The molecule has 0 amide bonds. The zero-order valence-corrected chi connectivity index (χ0v) is 21.8. The van der Waals surface area contributed by atoms with E-state index in [4.69, 9.17) is 48.9 Å². The van der Waals surface area contributed by atoms with Crippen LogP contribution < -0.4 is 0 Å². The Labute approximate surface area is 197 Å². The van der Waals surface area contributed by atoms with Crippen molar-refractivity contribution in [3.05, 3.63) is 0 Å². The van der Waals surface area contributed by atoms with Gasteiger partial charge in [-0.2, -0.15) is 4.31 Å². The van der Waals surface area contributed by atoms with E-state index in [-0.39, 0.29) is 0 Å². The van der Waals surface area contributed by atoms with Crippen LogP contribution in [0.25, 0.3) is 0 Å². The van der Waals surface area contributed by atoms with Crippen molar-refractivity contribution >= 4 is 46.9 Å². The molecule has 30 heteroatoms. The lowest BCUT2D eigenvalue weighted by atomic mass is 9.85. The summed E-state index contributed by atoms with van der Waals surface area (Å²) in [6.07, 6.45) is -18.4. The van der Waals surface area contributed by atoms with Crippen LogP contribution in [0.2, 0.25) is 0 Å². The molecular formula is C6H18O24P6. The fourth-order valence-electron chi connectivity index (χ4n) is 2.68. The highest BCUT2D eigenvalue weighted by molar-refractivity contribution is 7.60. The van der Waals surface area contributed by atoms with E-state index in [9.17, 15) is 37.4 Å². The van der Waals surface area contributed by atoms with E-state index in [2.05, 4.69) is 26.9 Å². The number of aliphatic hydroxyl groups excluding tert-OH is 1. The maximum absolute atomic E-state index is 12.1. The molecule has 7 atom stereocenters. The van der Waals surface area contributed by atoms with Gasteiger partial charge >= 0.3 is 46.9 Å². The van der Waals surface area contributed by atoms with Crippen LogP contribution in [-0.2, 0) is 54.3 Å². The Hall–Kier alpha value is 0.660. The Kier molecular flexibility index (Phi) is 11.2. The quantitative estimate of drug-likeness (QED) is 0.0920. The summed E-state index contributed by atoms with van der Waals surface area (Å²) in [4.78, 5) is 99.7. The first-order valence-electron chi connectivity index (χ1n) is 8.01. The first kappa shape index (κ1) is 34.7. The highest BCUT2D eigenvalue weighted by atomic mass is 31.3. The molecule has 0 radical (unpaired) electrons. The highest BCUT2D eigenvalue weighted by Crippen LogP contribution is 2.61. The van der Waals surface area contributed by atoms with Gasteiger partial charge in [0, 0.05) is 0 Å². The minimum Gasteiger partial charge on any atom is -0.387 e. The molecule has 1 rings (SSSR count). The second-order valence-electron chi connectivity index (χ2n) is 6.34. The van der Waals surface area contributed by atoms with Gasteiger partial charge in [0.2, 0.25) is 0 Å². The van der Waals surface area contributed by atoms with Crippen LogP contribution in [-0.4, -0.2) is 95.6 Å². The molecule has 216 valence electrons. The van der Waals surface area contributed by atoms with Gasteiger partial charge in [-0.15, -0.1) is 0 Å². The SMILES string of the molecule is O=P(O)(O)O[C@@H]1C(OP(=O)(O)OP(=O)(O)O)[C@@H](OP(=O)(O)O)[C@@H](OP(=O)(O)O)C(O)[C@H]1OP(=O)(O)O. The smallest absolute Gasteiger partial charge is 0.387 e. The summed E-state index contributed by atoms with van der Waals surface area (Å²) in [7, 11) is -36.0. The number of phosphoric ester groups is 5. The Bertz CT molecular complexity index is 993. The van der Waals surface area contributed by atoms with Crippen molar-refractivity contribution in [3.8, 4) is 0 Å². The van der Waals surface area contributed by atoms with Gasteiger partial charge in [0.15, 0.2) is 0 Å². The molecule has 1 aliphatic carbocycles. The van der Waals surface area contributed by atoms with Crippen molar-refractivity contribution in [1.82, 2.24) is 0 Å². The predicted molar refractivity (Wildman–Crippen MR) is 102 cm³/mol. The second-order valence-corrected chi connectivity index (χ2v) is 13.9. The summed E-state index contributed by atoms with van der Waals surface area (Å²) in [5, 5.41) is 10.3. The van der Waals surface area contributed by atoms with E-state index in [0.717, 1.165) is 0 Å². The third-order valence-electron chi connectivity index (χ3n) is 3.47. The number of phosphoric acid groups is 6. The first-order valence-corrected chi connectivity index (χ1v) is 17.2. The minimum atomic E-state index is -6.27. The molecule has 1 aliphatic rings. The van der Waals surface area contributed by atoms with Crippen molar-refractivity contribution in [3.63, 3.8) is 0 Å². The van der Waals surface area contributed by atoms with E-state index in [1.54, 1.807) is 0 Å². The summed E-state index contributed by atoms with van der Waals surface area (Å²) in [6, 6.07) is 0. The van der Waals surface area contributed by atoms with Gasteiger partial charge in [0.25, 0.3) is 0 Å². The molecule has 24 nitrogen and oxygen atoms in total. The van der Waals surface area contributed by atoms with Crippen LogP contribution in [0.4, 0.5) is 0 Å². The van der Waals surface area contributed by atoms with Crippen molar-refractivity contribution in [2.24, 2.45) is 0 Å². The highest BCUT2D eigenvalue weighted by Gasteiger charge is 2.61. The van der Waals surface area contributed by atoms with Gasteiger partial charge in [-0.25, -0.2) is 27.4 Å². The molecule has 36 heavy (non-hydrogen) atoms. The molecule has 0 saturated heterocycles. The summed E-state index contributed by atoms with van der Waals surface area (Å²) in [6.45, 7) is 0. The zero-order chi connectivity index (χ0) is 28.7. The van der Waals surface area contributed by atoms with Gasteiger partial charge in [-0.3, -0.25) is 22.6 Å². The molecule has 3 unspecified atom stereocenters. The van der Waals surface area contributed by atoms with E-state index in [1.165, 1.54) is 0 Å². The van der Waals surface area contributed by atoms with Gasteiger partial charge in [-0.1, -0.05) is 0 Å².